The van der Waals surface area contributed by atoms with Gasteiger partial charge in [-0.3, -0.25) is 4.98 Å². The van der Waals surface area contributed by atoms with Crippen molar-refractivity contribution in [3.63, 3.8) is 0 Å². The highest BCUT2D eigenvalue weighted by Gasteiger charge is 2.31. The van der Waals surface area contributed by atoms with Gasteiger partial charge in [-0.1, -0.05) is 6.07 Å². The van der Waals surface area contributed by atoms with Crippen LogP contribution in [0.3, 0.4) is 0 Å². The van der Waals surface area contributed by atoms with Crippen molar-refractivity contribution < 1.29 is 17.6 Å². The summed E-state index contributed by atoms with van der Waals surface area (Å²) < 4.78 is 40.4. The van der Waals surface area contributed by atoms with Gasteiger partial charge in [0, 0.05) is 43.3 Å². The third-order valence-electron chi connectivity index (χ3n) is 5.60. The fourth-order valence-corrected chi connectivity index (χ4v) is 5.35. The van der Waals surface area contributed by atoms with E-state index in [0.29, 0.717) is 31.6 Å². The number of anilines is 1. The van der Waals surface area contributed by atoms with Crippen molar-refractivity contribution in [2.45, 2.75) is 37.6 Å². The second-order valence-corrected chi connectivity index (χ2v) is 10.1. The van der Waals surface area contributed by atoms with E-state index in [1.165, 1.54) is 22.5 Å². The topological polar surface area (TPSA) is 94.6 Å². The Bertz CT molecular complexity index is 1040. The van der Waals surface area contributed by atoms with E-state index in [9.17, 15) is 17.6 Å². The highest BCUT2D eigenvalue weighted by atomic mass is 32.2. The third kappa shape index (κ3) is 6.24. The van der Waals surface area contributed by atoms with Gasteiger partial charge in [0.2, 0.25) is 10.0 Å². The largest absolute Gasteiger partial charge is 0.337 e. The molecule has 1 saturated heterocycles. The Morgan fingerprint density at radius 2 is 1.84 bits per heavy atom. The van der Waals surface area contributed by atoms with Crippen LogP contribution in [0.15, 0.2) is 41.3 Å². The Labute approximate surface area is 188 Å². The van der Waals surface area contributed by atoms with Crippen LogP contribution >= 0.6 is 0 Å². The summed E-state index contributed by atoms with van der Waals surface area (Å²) >= 11 is 0. The number of sulfonamides is 1. The maximum absolute atomic E-state index is 13.5. The fourth-order valence-electron chi connectivity index (χ4n) is 3.91. The third-order valence-corrected chi connectivity index (χ3v) is 7.50. The minimum atomic E-state index is -3.74. The Morgan fingerprint density at radius 3 is 2.47 bits per heavy atom. The minimum Gasteiger partial charge on any atom is -0.337 e. The Balaban J connectivity index is 1.43. The van der Waals surface area contributed by atoms with Crippen LogP contribution < -0.4 is 10.6 Å². The summed E-state index contributed by atoms with van der Waals surface area (Å²) in [7, 11) is -2.19. The molecule has 0 radical (unpaired) electrons. The van der Waals surface area contributed by atoms with Crippen LogP contribution in [0.5, 0.6) is 0 Å². The van der Waals surface area contributed by atoms with Gasteiger partial charge in [-0.25, -0.2) is 17.6 Å². The van der Waals surface area contributed by atoms with Gasteiger partial charge in [0.15, 0.2) is 0 Å². The van der Waals surface area contributed by atoms with Crippen LogP contribution in [0.25, 0.3) is 0 Å². The summed E-state index contributed by atoms with van der Waals surface area (Å²) in [4.78, 5) is 18.6. The van der Waals surface area contributed by atoms with Gasteiger partial charge < -0.3 is 15.5 Å². The quantitative estimate of drug-likeness (QED) is 0.659. The molecule has 0 atom stereocenters. The summed E-state index contributed by atoms with van der Waals surface area (Å²) in [5.41, 5.74) is 2.39. The lowest BCUT2D eigenvalue weighted by molar-refractivity contribution is 0.170. The average Bonchev–Trinajstić information content (AvgIpc) is 2.73. The average molecular weight is 464 g/mol. The molecule has 1 aliphatic rings. The predicted molar refractivity (Wildman–Crippen MR) is 122 cm³/mol. The number of hydrogen-bond acceptors (Lipinski definition) is 5. The molecule has 8 nitrogen and oxygen atoms in total. The van der Waals surface area contributed by atoms with E-state index in [-0.39, 0.29) is 17.0 Å². The minimum absolute atomic E-state index is 0.0303. The van der Waals surface area contributed by atoms with Crippen molar-refractivity contribution in [2.75, 3.05) is 38.5 Å². The zero-order valence-electron chi connectivity index (χ0n) is 18.6. The van der Waals surface area contributed by atoms with Crippen LogP contribution in [0.1, 0.15) is 24.2 Å². The van der Waals surface area contributed by atoms with E-state index in [2.05, 4.69) is 20.5 Å². The van der Waals surface area contributed by atoms with Gasteiger partial charge in [0.05, 0.1) is 4.90 Å². The van der Waals surface area contributed by atoms with Crippen molar-refractivity contribution in [1.82, 2.24) is 19.5 Å². The number of piperidine rings is 1. The van der Waals surface area contributed by atoms with Crippen molar-refractivity contribution in [3.8, 4) is 0 Å². The smallest absolute Gasteiger partial charge is 0.319 e. The maximum Gasteiger partial charge on any atom is 0.319 e. The summed E-state index contributed by atoms with van der Waals surface area (Å²) in [5.74, 6) is -0.569. The Morgan fingerprint density at radius 1 is 1.19 bits per heavy atom. The molecule has 174 valence electrons. The first-order valence-electron chi connectivity index (χ1n) is 10.6. The molecule has 1 aliphatic heterocycles. The van der Waals surface area contributed by atoms with Crippen LogP contribution in [0.4, 0.5) is 14.9 Å². The summed E-state index contributed by atoms with van der Waals surface area (Å²) in [6.07, 6.45) is 1.35. The van der Waals surface area contributed by atoms with Crippen molar-refractivity contribution in [2.24, 2.45) is 0 Å². The molecular weight excluding hydrogens is 433 g/mol. The Hall–Kier alpha value is -2.56. The van der Waals surface area contributed by atoms with E-state index in [1.54, 1.807) is 7.05 Å². The van der Waals surface area contributed by atoms with Gasteiger partial charge in [-0.2, -0.15) is 4.31 Å². The van der Waals surface area contributed by atoms with Crippen molar-refractivity contribution in [1.29, 1.82) is 0 Å². The molecule has 3 rings (SSSR count). The number of benzene rings is 1. The molecule has 0 spiro atoms. The molecule has 0 unspecified atom stereocenters. The summed E-state index contributed by atoms with van der Waals surface area (Å²) in [5, 5.41) is 5.66. The molecule has 0 bridgehead atoms. The van der Waals surface area contributed by atoms with Crippen molar-refractivity contribution >= 4 is 21.7 Å². The zero-order chi connectivity index (χ0) is 23.3. The number of rotatable bonds is 7. The van der Waals surface area contributed by atoms with Gasteiger partial charge in [-0.15, -0.1) is 0 Å². The number of pyridine rings is 1. The highest BCUT2D eigenvalue weighted by Crippen LogP contribution is 2.23. The number of aromatic nitrogens is 1. The first kappa shape index (κ1) is 24.1. The molecule has 0 aliphatic carbocycles. The molecule has 10 heteroatoms. The number of nitrogens with one attached hydrogen (secondary N) is 2. The first-order valence-corrected chi connectivity index (χ1v) is 12.1. The molecule has 32 heavy (non-hydrogen) atoms. The zero-order valence-corrected chi connectivity index (χ0v) is 19.5. The molecule has 2 N–H and O–H groups in total. The second-order valence-electron chi connectivity index (χ2n) is 8.07. The number of nitrogens with zero attached hydrogens (tertiary/aromatic N) is 3. The first-order chi connectivity index (χ1) is 15.1. The number of carbonyl (C=O) groups excluding carboxylic acids is 1. The standard InChI is InChI=1S/C22H30FN5O3S/c1-16-13-19(14-17(2)25-16)26-22(29)24-9-12-28-10-7-20(8-11-28)27(3)32(30,31)21-6-4-5-18(23)15-21/h4-6,13-15,20H,7-12H2,1-3H3,(H2,24,25,26,29). The molecule has 2 aromatic rings. The number of urea groups is 1. The lowest BCUT2D eigenvalue weighted by atomic mass is 10.1. The van der Waals surface area contributed by atoms with E-state index < -0.39 is 15.8 Å². The number of amides is 2. The van der Waals surface area contributed by atoms with Gasteiger partial charge in [0.1, 0.15) is 5.82 Å². The van der Waals surface area contributed by atoms with Crippen molar-refractivity contribution in [3.05, 3.63) is 53.6 Å². The van der Waals surface area contributed by atoms with E-state index >= 15 is 0 Å². The van der Waals surface area contributed by atoms with Crippen LogP contribution in [-0.4, -0.2) is 67.9 Å². The number of hydrogen-bond donors (Lipinski definition) is 2. The number of halogens is 1. The highest BCUT2D eigenvalue weighted by molar-refractivity contribution is 7.89. The van der Waals surface area contributed by atoms with Crippen LogP contribution in [0.2, 0.25) is 0 Å². The normalized spacial score (nSPS) is 15.7. The van der Waals surface area contributed by atoms with Gasteiger partial charge >= 0.3 is 6.03 Å². The molecule has 2 amide bonds. The van der Waals surface area contributed by atoms with Gasteiger partial charge in [0.25, 0.3) is 0 Å². The molecule has 0 saturated carbocycles. The van der Waals surface area contributed by atoms with E-state index in [0.717, 1.165) is 30.5 Å². The molecule has 1 aromatic carbocycles. The summed E-state index contributed by atoms with van der Waals surface area (Å²) in [6.45, 7) is 6.35. The predicted octanol–water partition coefficient (Wildman–Crippen LogP) is 2.74. The van der Waals surface area contributed by atoms with Crippen LogP contribution in [-0.2, 0) is 10.0 Å². The number of aryl methyl sites for hydroxylation is 2. The lowest BCUT2D eigenvalue weighted by Crippen LogP contribution is -2.47. The van der Waals surface area contributed by atoms with Gasteiger partial charge in [-0.05, 0) is 70.1 Å². The van der Waals surface area contributed by atoms with E-state index in [4.69, 9.17) is 0 Å². The Kier molecular flexibility index (Phi) is 7.81. The second kappa shape index (κ2) is 10.4. The fraction of sp³-hybridized carbons (Fsp3) is 0.455. The summed E-state index contributed by atoms with van der Waals surface area (Å²) in [6, 6.07) is 8.29. The number of likely N-dealkylation sites (tertiary alicyclic amines) is 1. The monoisotopic (exact) mass is 463 g/mol. The SMILES string of the molecule is Cc1cc(NC(=O)NCCN2CCC(N(C)S(=O)(=O)c3cccc(F)c3)CC2)cc(C)n1. The molecular formula is C22H30FN5O3S. The molecule has 2 heterocycles. The lowest BCUT2D eigenvalue weighted by Gasteiger charge is -2.36. The molecule has 1 aromatic heterocycles. The number of carbonyl (C=O) groups is 1. The van der Waals surface area contributed by atoms with E-state index in [1.807, 2.05) is 26.0 Å². The maximum atomic E-state index is 13.5. The van der Waals surface area contributed by atoms with Crippen LogP contribution in [0, 0.1) is 19.7 Å². The molecule has 1 fully saturated rings.